The second-order valence-corrected chi connectivity index (χ2v) is 6.96. The van der Waals surface area contributed by atoms with Crippen molar-refractivity contribution in [1.29, 1.82) is 0 Å². The van der Waals surface area contributed by atoms with Gasteiger partial charge in [0.2, 0.25) is 5.95 Å². The zero-order chi connectivity index (χ0) is 18.1. The maximum atomic E-state index is 12.5. The third-order valence-electron chi connectivity index (χ3n) is 5.17. The highest BCUT2D eigenvalue weighted by atomic mass is 19.4. The second-order valence-electron chi connectivity index (χ2n) is 6.96. The quantitative estimate of drug-likeness (QED) is 0.819. The lowest BCUT2D eigenvalue weighted by atomic mass is 10.1. The number of anilines is 1. The Labute approximate surface area is 150 Å². The Kier molecular flexibility index (Phi) is 4.60. The molecule has 0 atom stereocenters. The molecule has 0 spiro atoms. The number of aromatic nitrogens is 2. The van der Waals surface area contributed by atoms with Crippen LogP contribution in [0.15, 0.2) is 30.1 Å². The number of allylic oxidation sites excluding steroid dienone is 3. The van der Waals surface area contributed by atoms with Crippen molar-refractivity contribution in [2.75, 3.05) is 50.7 Å². The van der Waals surface area contributed by atoms with Crippen LogP contribution in [0.25, 0.3) is 0 Å². The Morgan fingerprint density at radius 3 is 2.35 bits per heavy atom. The van der Waals surface area contributed by atoms with Crippen LogP contribution in [-0.4, -0.2) is 71.8 Å². The van der Waals surface area contributed by atoms with Gasteiger partial charge in [0.05, 0.1) is 12.2 Å². The smallest absolute Gasteiger partial charge is 0.371 e. The molecule has 0 aromatic carbocycles. The Balaban J connectivity index is 1.38. The minimum atomic E-state index is -4.14. The molecule has 1 aromatic heterocycles. The van der Waals surface area contributed by atoms with E-state index in [0.717, 1.165) is 31.6 Å². The summed E-state index contributed by atoms with van der Waals surface area (Å²) >= 11 is 0. The molecule has 1 aromatic rings. The summed E-state index contributed by atoms with van der Waals surface area (Å²) < 4.78 is 37.5. The van der Waals surface area contributed by atoms with Crippen molar-refractivity contribution in [2.45, 2.75) is 19.0 Å². The highest BCUT2D eigenvalue weighted by Gasteiger charge is 2.32. The van der Waals surface area contributed by atoms with Gasteiger partial charge in [0.1, 0.15) is 0 Å². The largest absolute Gasteiger partial charge is 0.401 e. The molecule has 3 aliphatic rings. The van der Waals surface area contributed by atoms with Crippen molar-refractivity contribution in [3.05, 3.63) is 41.4 Å². The van der Waals surface area contributed by atoms with E-state index < -0.39 is 12.7 Å². The molecule has 1 aliphatic carbocycles. The van der Waals surface area contributed by atoms with Crippen molar-refractivity contribution >= 4 is 5.95 Å². The standard InChI is InChI=1S/C18H22F3N5/c19-18(20,21)13-24-8-10-26(11-9-24)17-22-12-14-4-6-25(15-2-1-3-15)7-5-16(14)23-17/h1-3,12H,4-11,13H2. The number of fused-ring (bicyclic) bond motifs is 1. The number of alkyl halides is 3. The molecule has 0 saturated carbocycles. The normalized spacial score (nSPS) is 21.1. The number of nitrogens with zero attached hydrogens (tertiary/aromatic N) is 5. The number of hydrogen-bond acceptors (Lipinski definition) is 5. The van der Waals surface area contributed by atoms with Gasteiger partial charge in [0.15, 0.2) is 0 Å². The Morgan fingerprint density at radius 1 is 0.962 bits per heavy atom. The van der Waals surface area contributed by atoms with Gasteiger partial charge in [-0.1, -0.05) is 6.08 Å². The molecule has 0 unspecified atom stereocenters. The SMILES string of the molecule is FC(F)(F)CN1CCN(c2ncc3c(n2)CCN(C2=CC=C2)CC3)CC1. The average Bonchev–Trinajstić information content (AvgIpc) is 2.75. The molecule has 0 radical (unpaired) electrons. The molecule has 5 nitrogen and oxygen atoms in total. The van der Waals surface area contributed by atoms with E-state index in [1.807, 2.05) is 17.2 Å². The molecule has 3 heterocycles. The summed E-state index contributed by atoms with van der Waals surface area (Å²) in [7, 11) is 0. The van der Waals surface area contributed by atoms with Gasteiger partial charge in [-0.15, -0.1) is 0 Å². The van der Waals surface area contributed by atoms with Gasteiger partial charge in [-0.2, -0.15) is 13.2 Å². The maximum Gasteiger partial charge on any atom is 0.401 e. The van der Waals surface area contributed by atoms with Crippen LogP contribution in [0.4, 0.5) is 19.1 Å². The summed E-state index contributed by atoms with van der Waals surface area (Å²) in [6.07, 6.45) is 5.82. The highest BCUT2D eigenvalue weighted by molar-refractivity contribution is 5.37. The van der Waals surface area contributed by atoms with Gasteiger partial charge >= 0.3 is 6.18 Å². The molecule has 1 fully saturated rings. The number of rotatable bonds is 3. The van der Waals surface area contributed by atoms with Crippen LogP contribution in [0.1, 0.15) is 11.3 Å². The van der Waals surface area contributed by atoms with Crippen molar-refractivity contribution in [1.82, 2.24) is 19.8 Å². The molecule has 26 heavy (non-hydrogen) atoms. The minimum absolute atomic E-state index is 0.383. The number of hydrogen-bond donors (Lipinski definition) is 0. The molecule has 4 rings (SSSR count). The zero-order valence-corrected chi connectivity index (χ0v) is 14.5. The molecule has 1 saturated heterocycles. The fourth-order valence-corrected chi connectivity index (χ4v) is 3.63. The van der Waals surface area contributed by atoms with E-state index >= 15 is 0 Å². The summed E-state index contributed by atoms with van der Waals surface area (Å²) in [5.74, 6) is 0.645. The van der Waals surface area contributed by atoms with Crippen molar-refractivity contribution in [3.63, 3.8) is 0 Å². The molecule has 0 N–H and O–H groups in total. The van der Waals surface area contributed by atoms with Gasteiger partial charge < -0.3 is 9.80 Å². The molecule has 8 heteroatoms. The van der Waals surface area contributed by atoms with Gasteiger partial charge in [-0.3, -0.25) is 4.90 Å². The number of piperazine rings is 1. The molecule has 140 valence electrons. The van der Waals surface area contributed by atoms with E-state index in [0.29, 0.717) is 32.1 Å². The van der Waals surface area contributed by atoms with Crippen molar-refractivity contribution in [3.8, 4) is 0 Å². The monoisotopic (exact) mass is 365 g/mol. The predicted molar refractivity (Wildman–Crippen MR) is 92.9 cm³/mol. The first-order chi connectivity index (χ1) is 12.5. The van der Waals surface area contributed by atoms with Crippen molar-refractivity contribution < 1.29 is 13.2 Å². The maximum absolute atomic E-state index is 12.5. The van der Waals surface area contributed by atoms with E-state index in [9.17, 15) is 13.2 Å². The van der Waals surface area contributed by atoms with E-state index in [1.165, 1.54) is 16.2 Å². The van der Waals surface area contributed by atoms with Crippen LogP contribution < -0.4 is 4.90 Å². The molecule has 0 amide bonds. The third-order valence-corrected chi connectivity index (χ3v) is 5.17. The first-order valence-corrected chi connectivity index (χ1v) is 9.00. The highest BCUT2D eigenvalue weighted by Crippen LogP contribution is 2.23. The lowest BCUT2D eigenvalue weighted by molar-refractivity contribution is -0.146. The fourth-order valence-electron chi connectivity index (χ4n) is 3.63. The Hall–Kier alpha value is -2.09. The predicted octanol–water partition coefficient (Wildman–Crippen LogP) is 2.02. The average molecular weight is 365 g/mol. The van der Waals surface area contributed by atoms with Gasteiger partial charge in [-0.05, 0) is 24.1 Å². The first-order valence-electron chi connectivity index (χ1n) is 9.00. The summed E-state index contributed by atoms with van der Waals surface area (Å²) in [5.41, 5.74) is 3.52. The molecule has 0 bridgehead atoms. The lowest BCUT2D eigenvalue weighted by Gasteiger charge is -2.35. The Morgan fingerprint density at radius 2 is 1.69 bits per heavy atom. The molecular formula is C18H22F3N5. The topological polar surface area (TPSA) is 35.5 Å². The summed E-state index contributed by atoms with van der Waals surface area (Å²) in [5, 5.41) is 0. The minimum Gasteiger partial charge on any atom is -0.371 e. The van der Waals surface area contributed by atoms with Crippen LogP contribution in [0, 0.1) is 0 Å². The van der Waals surface area contributed by atoms with Gasteiger partial charge in [0.25, 0.3) is 0 Å². The summed E-state index contributed by atoms with van der Waals surface area (Å²) in [6.45, 7) is 2.87. The first kappa shape index (κ1) is 17.3. The van der Waals surface area contributed by atoms with Gasteiger partial charge in [0, 0.05) is 57.6 Å². The zero-order valence-electron chi connectivity index (χ0n) is 14.5. The Bertz CT molecular complexity index is 720. The molecule has 2 aliphatic heterocycles. The van der Waals surface area contributed by atoms with Crippen LogP contribution in [0.5, 0.6) is 0 Å². The third kappa shape index (κ3) is 3.85. The van der Waals surface area contributed by atoms with Gasteiger partial charge in [-0.25, -0.2) is 9.97 Å². The summed E-state index contributed by atoms with van der Waals surface area (Å²) in [4.78, 5) is 15.0. The van der Waals surface area contributed by atoms with E-state index in [1.54, 1.807) is 0 Å². The summed E-state index contributed by atoms with van der Waals surface area (Å²) in [6, 6.07) is 0. The van der Waals surface area contributed by atoms with Crippen LogP contribution in [0.2, 0.25) is 0 Å². The van der Waals surface area contributed by atoms with E-state index in [-0.39, 0.29) is 0 Å². The van der Waals surface area contributed by atoms with Crippen LogP contribution >= 0.6 is 0 Å². The van der Waals surface area contributed by atoms with Crippen LogP contribution in [0.3, 0.4) is 0 Å². The second kappa shape index (κ2) is 6.90. The van der Waals surface area contributed by atoms with E-state index in [2.05, 4.69) is 22.0 Å². The van der Waals surface area contributed by atoms with E-state index in [4.69, 9.17) is 4.98 Å². The lowest BCUT2D eigenvalue weighted by Crippen LogP contribution is -2.49. The van der Waals surface area contributed by atoms with Crippen molar-refractivity contribution in [2.24, 2.45) is 0 Å². The molecular weight excluding hydrogens is 343 g/mol. The van der Waals surface area contributed by atoms with Crippen LogP contribution in [-0.2, 0) is 12.8 Å². The number of halogens is 3. The fraction of sp³-hybridized carbons (Fsp3) is 0.556.